The predicted octanol–water partition coefficient (Wildman–Crippen LogP) is 0.248. The molecule has 15 heavy (non-hydrogen) atoms. The fourth-order valence-corrected chi connectivity index (χ4v) is 1.34. The van der Waals surface area contributed by atoms with Gasteiger partial charge in [0.1, 0.15) is 11.2 Å². The first-order valence-electron chi connectivity index (χ1n) is 4.72. The largest absolute Gasteiger partial charge is 0.368 e. The molecule has 0 aliphatic heterocycles. The number of nitrogens with one attached hydrogen (secondary N) is 1. The van der Waals surface area contributed by atoms with Crippen molar-refractivity contribution >= 4 is 17.0 Å². The molecule has 0 saturated heterocycles. The lowest BCUT2D eigenvalue weighted by atomic mass is 10.3. The molecule has 0 aromatic carbocycles. The highest BCUT2D eigenvalue weighted by Gasteiger charge is 2.05. The Kier molecular flexibility index (Phi) is 2.32. The van der Waals surface area contributed by atoms with Gasteiger partial charge in [0, 0.05) is 12.6 Å². The SMILES string of the molecule is CCCc1nc2nc(N)ncc2c(=O)[nH]1. The van der Waals surface area contributed by atoms with Crippen molar-refractivity contribution in [3.8, 4) is 0 Å². The average molecular weight is 205 g/mol. The number of aromatic amines is 1. The summed E-state index contributed by atoms with van der Waals surface area (Å²) >= 11 is 0. The normalized spacial score (nSPS) is 10.7. The van der Waals surface area contributed by atoms with Crippen molar-refractivity contribution in [2.45, 2.75) is 19.8 Å². The van der Waals surface area contributed by atoms with Gasteiger partial charge in [-0.2, -0.15) is 4.98 Å². The number of H-pyrrole nitrogens is 1. The highest BCUT2D eigenvalue weighted by atomic mass is 16.1. The highest BCUT2D eigenvalue weighted by Crippen LogP contribution is 2.04. The van der Waals surface area contributed by atoms with Crippen molar-refractivity contribution < 1.29 is 0 Å². The number of aryl methyl sites for hydroxylation is 1. The maximum absolute atomic E-state index is 11.6. The van der Waals surface area contributed by atoms with Crippen LogP contribution in [0.25, 0.3) is 11.0 Å². The fraction of sp³-hybridized carbons (Fsp3) is 0.333. The molecule has 2 aromatic heterocycles. The van der Waals surface area contributed by atoms with Crippen molar-refractivity contribution in [1.82, 2.24) is 19.9 Å². The van der Waals surface area contributed by atoms with Gasteiger partial charge in [-0.1, -0.05) is 6.92 Å². The van der Waals surface area contributed by atoms with Crippen LogP contribution in [0, 0.1) is 0 Å². The van der Waals surface area contributed by atoms with Crippen LogP contribution in [-0.4, -0.2) is 19.9 Å². The fourth-order valence-electron chi connectivity index (χ4n) is 1.34. The van der Waals surface area contributed by atoms with E-state index in [0.29, 0.717) is 16.9 Å². The van der Waals surface area contributed by atoms with E-state index in [0.717, 1.165) is 12.8 Å². The summed E-state index contributed by atoms with van der Waals surface area (Å²) in [7, 11) is 0. The molecule has 0 aliphatic carbocycles. The third kappa shape index (κ3) is 1.78. The van der Waals surface area contributed by atoms with Crippen molar-refractivity contribution in [2.24, 2.45) is 0 Å². The van der Waals surface area contributed by atoms with Crippen LogP contribution in [0.5, 0.6) is 0 Å². The average Bonchev–Trinajstić information content (AvgIpc) is 2.17. The summed E-state index contributed by atoms with van der Waals surface area (Å²) in [5.41, 5.74) is 5.56. The Hall–Kier alpha value is -1.98. The van der Waals surface area contributed by atoms with E-state index in [1.165, 1.54) is 6.20 Å². The van der Waals surface area contributed by atoms with Crippen LogP contribution in [-0.2, 0) is 6.42 Å². The standard InChI is InChI=1S/C9H11N5O/c1-2-3-6-12-7-5(8(15)13-6)4-11-9(10)14-7/h4H,2-3H2,1H3,(H3,10,11,12,13,14,15). The lowest BCUT2D eigenvalue weighted by Gasteiger charge is -2.00. The number of hydrogen-bond donors (Lipinski definition) is 2. The Morgan fingerprint density at radius 3 is 3.00 bits per heavy atom. The van der Waals surface area contributed by atoms with Crippen LogP contribution in [0.15, 0.2) is 11.0 Å². The van der Waals surface area contributed by atoms with Crippen LogP contribution in [0.3, 0.4) is 0 Å². The third-order valence-electron chi connectivity index (χ3n) is 2.02. The topological polar surface area (TPSA) is 97.5 Å². The van der Waals surface area contributed by atoms with E-state index >= 15 is 0 Å². The molecule has 6 heteroatoms. The van der Waals surface area contributed by atoms with Gasteiger partial charge in [0.05, 0.1) is 0 Å². The Bertz CT molecular complexity index is 548. The molecule has 0 aliphatic rings. The zero-order chi connectivity index (χ0) is 10.8. The number of rotatable bonds is 2. The van der Waals surface area contributed by atoms with Crippen molar-refractivity contribution in [3.05, 3.63) is 22.4 Å². The van der Waals surface area contributed by atoms with E-state index in [1.54, 1.807) is 0 Å². The molecule has 0 atom stereocenters. The molecule has 0 amide bonds. The van der Waals surface area contributed by atoms with Gasteiger partial charge in [-0.05, 0) is 6.42 Å². The molecule has 78 valence electrons. The van der Waals surface area contributed by atoms with Gasteiger partial charge in [0.25, 0.3) is 5.56 Å². The molecule has 0 radical (unpaired) electrons. The van der Waals surface area contributed by atoms with Gasteiger partial charge < -0.3 is 10.7 Å². The number of aromatic nitrogens is 4. The van der Waals surface area contributed by atoms with E-state index in [2.05, 4.69) is 19.9 Å². The van der Waals surface area contributed by atoms with Crippen LogP contribution < -0.4 is 11.3 Å². The van der Waals surface area contributed by atoms with Crippen LogP contribution >= 0.6 is 0 Å². The molecule has 6 nitrogen and oxygen atoms in total. The van der Waals surface area contributed by atoms with Crippen molar-refractivity contribution in [2.75, 3.05) is 5.73 Å². The number of hydrogen-bond acceptors (Lipinski definition) is 5. The minimum Gasteiger partial charge on any atom is -0.368 e. The summed E-state index contributed by atoms with van der Waals surface area (Å²) in [6.45, 7) is 2.01. The number of nitrogens with zero attached hydrogens (tertiary/aromatic N) is 3. The zero-order valence-electron chi connectivity index (χ0n) is 8.32. The molecule has 0 bridgehead atoms. The monoisotopic (exact) mass is 205 g/mol. The first kappa shape index (κ1) is 9.57. The third-order valence-corrected chi connectivity index (χ3v) is 2.02. The van der Waals surface area contributed by atoms with E-state index in [1.807, 2.05) is 6.92 Å². The van der Waals surface area contributed by atoms with Crippen LogP contribution in [0.2, 0.25) is 0 Å². The number of nitrogen functional groups attached to an aromatic ring is 1. The number of nitrogens with two attached hydrogens (primary N) is 1. The maximum Gasteiger partial charge on any atom is 0.261 e. The zero-order valence-corrected chi connectivity index (χ0v) is 8.32. The number of fused-ring (bicyclic) bond motifs is 1. The molecule has 2 aromatic rings. The minimum atomic E-state index is -0.219. The maximum atomic E-state index is 11.6. The summed E-state index contributed by atoms with van der Waals surface area (Å²) in [5.74, 6) is 0.760. The lowest BCUT2D eigenvalue weighted by molar-refractivity contribution is 0.833. The predicted molar refractivity (Wildman–Crippen MR) is 56.4 cm³/mol. The second kappa shape index (κ2) is 3.64. The highest BCUT2D eigenvalue weighted by molar-refractivity contribution is 5.72. The molecule has 0 spiro atoms. The Labute approximate surface area is 85.6 Å². The summed E-state index contributed by atoms with van der Waals surface area (Å²) in [5, 5.41) is 0.365. The second-order valence-corrected chi connectivity index (χ2v) is 3.23. The Balaban J connectivity index is 2.68. The van der Waals surface area contributed by atoms with Gasteiger partial charge in [-0.25, -0.2) is 9.97 Å². The first-order valence-corrected chi connectivity index (χ1v) is 4.72. The van der Waals surface area contributed by atoms with Gasteiger partial charge in [-0.3, -0.25) is 4.79 Å². The van der Waals surface area contributed by atoms with E-state index < -0.39 is 0 Å². The molecule has 3 N–H and O–H groups in total. The van der Waals surface area contributed by atoms with Gasteiger partial charge in [0.2, 0.25) is 5.95 Å². The van der Waals surface area contributed by atoms with Gasteiger partial charge in [0.15, 0.2) is 5.65 Å². The molecular formula is C9H11N5O. The Morgan fingerprint density at radius 1 is 1.47 bits per heavy atom. The lowest BCUT2D eigenvalue weighted by Crippen LogP contribution is -2.13. The molecule has 0 fully saturated rings. The molecule has 0 unspecified atom stereocenters. The first-order chi connectivity index (χ1) is 7.20. The van der Waals surface area contributed by atoms with Gasteiger partial charge >= 0.3 is 0 Å². The molecule has 2 heterocycles. The van der Waals surface area contributed by atoms with E-state index in [-0.39, 0.29) is 11.5 Å². The van der Waals surface area contributed by atoms with Crippen molar-refractivity contribution in [1.29, 1.82) is 0 Å². The van der Waals surface area contributed by atoms with E-state index in [9.17, 15) is 4.79 Å². The molecular weight excluding hydrogens is 194 g/mol. The summed E-state index contributed by atoms with van der Waals surface area (Å²) in [4.78, 5) is 26.1. The van der Waals surface area contributed by atoms with Crippen LogP contribution in [0.1, 0.15) is 19.2 Å². The summed E-state index contributed by atoms with van der Waals surface area (Å²) in [6, 6.07) is 0. The summed E-state index contributed by atoms with van der Waals surface area (Å²) < 4.78 is 0. The Morgan fingerprint density at radius 2 is 2.27 bits per heavy atom. The van der Waals surface area contributed by atoms with E-state index in [4.69, 9.17) is 5.73 Å². The van der Waals surface area contributed by atoms with Crippen molar-refractivity contribution in [3.63, 3.8) is 0 Å². The number of anilines is 1. The molecule has 2 rings (SSSR count). The minimum absolute atomic E-state index is 0.128. The molecule has 0 saturated carbocycles. The summed E-state index contributed by atoms with van der Waals surface area (Å²) in [6.07, 6.45) is 3.02. The van der Waals surface area contributed by atoms with Gasteiger partial charge in [-0.15, -0.1) is 0 Å². The smallest absolute Gasteiger partial charge is 0.261 e. The second-order valence-electron chi connectivity index (χ2n) is 3.23. The quantitative estimate of drug-likeness (QED) is 0.732. The van der Waals surface area contributed by atoms with Crippen LogP contribution in [0.4, 0.5) is 5.95 Å².